The van der Waals surface area contributed by atoms with Gasteiger partial charge in [0.25, 0.3) is 0 Å². The number of pyridine rings is 1. The number of carbonyl (C=O) groups is 2. The van der Waals surface area contributed by atoms with E-state index >= 15 is 0 Å². The molecule has 33 heavy (non-hydrogen) atoms. The van der Waals surface area contributed by atoms with Gasteiger partial charge in [0.15, 0.2) is 0 Å². The molecule has 1 aliphatic rings. The Morgan fingerprint density at radius 3 is 2.45 bits per heavy atom. The van der Waals surface area contributed by atoms with Gasteiger partial charge < -0.3 is 20.4 Å². The number of anilines is 2. The monoisotopic (exact) mass is 463 g/mol. The molecule has 2 aromatic carbocycles. The van der Waals surface area contributed by atoms with E-state index in [-0.39, 0.29) is 11.9 Å². The van der Waals surface area contributed by atoms with Crippen molar-refractivity contribution in [2.24, 2.45) is 0 Å². The molecule has 0 spiro atoms. The van der Waals surface area contributed by atoms with E-state index in [1.807, 2.05) is 60.5 Å². The smallest absolute Gasteiger partial charge is 0.320 e. The molecule has 3 aromatic rings. The van der Waals surface area contributed by atoms with Gasteiger partial charge in [-0.15, -0.1) is 0 Å². The number of aromatic nitrogens is 1. The molecule has 1 saturated heterocycles. The van der Waals surface area contributed by atoms with E-state index in [0.29, 0.717) is 30.3 Å². The van der Waals surface area contributed by atoms with Crippen LogP contribution in [0.5, 0.6) is 0 Å². The standard InChI is InChI=1S/C25H26ClN5O2/c1-18-17-30(22-8-5-13-27-16-22)14-15-31(18)24(32)23(19-6-3-2-4-7-19)29-25(33)28-21-11-9-20(26)10-12-21/h2-13,16,18,23H,14-15,17H2,1H3,(H2,28,29,33)/t18?,23-/m1/s1. The van der Waals surface area contributed by atoms with Gasteiger partial charge in [0.05, 0.1) is 11.9 Å². The summed E-state index contributed by atoms with van der Waals surface area (Å²) in [6.07, 6.45) is 3.58. The van der Waals surface area contributed by atoms with E-state index in [1.165, 1.54) is 0 Å². The summed E-state index contributed by atoms with van der Waals surface area (Å²) < 4.78 is 0. The Labute approximate surface area is 198 Å². The molecule has 4 rings (SSSR count). The number of piperazine rings is 1. The first kappa shape index (κ1) is 22.6. The van der Waals surface area contributed by atoms with Crippen LogP contribution in [-0.2, 0) is 4.79 Å². The number of rotatable bonds is 5. The molecule has 1 aromatic heterocycles. The lowest BCUT2D eigenvalue weighted by molar-refractivity contribution is -0.135. The van der Waals surface area contributed by atoms with Crippen LogP contribution >= 0.6 is 11.6 Å². The van der Waals surface area contributed by atoms with Crippen molar-refractivity contribution < 1.29 is 9.59 Å². The second-order valence-electron chi connectivity index (χ2n) is 7.99. The zero-order valence-corrected chi connectivity index (χ0v) is 19.1. The largest absolute Gasteiger partial charge is 0.366 e. The topological polar surface area (TPSA) is 77.6 Å². The lowest BCUT2D eigenvalue weighted by Gasteiger charge is -2.42. The Balaban J connectivity index is 1.48. The van der Waals surface area contributed by atoms with Crippen LogP contribution in [-0.4, -0.2) is 47.5 Å². The predicted octanol–water partition coefficient (Wildman–Crippen LogP) is 4.34. The first-order chi connectivity index (χ1) is 16.0. The lowest BCUT2D eigenvalue weighted by atomic mass is 10.0. The Morgan fingerprint density at radius 1 is 1.03 bits per heavy atom. The van der Waals surface area contributed by atoms with E-state index < -0.39 is 12.1 Å². The number of benzene rings is 2. The van der Waals surface area contributed by atoms with Crippen molar-refractivity contribution in [1.29, 1.82) is 0 Å². The summed E-state index contributed by atoms with van der Waals surface area (Å²) in [5.74, 6) is -0.134. The highest BCUT2D eigenvalue weighted by Crippen LogP contribution is 2.23. The highest BCUT2D eigenvalue weighted by molar-refractivity contribution is 6.30. The van der Waals surface area contributed by atoms with Gasteiger partial charge in [0.1, 0.15) is 6.04 Å². The summed E-state index contributed by atoms with van der Waals surface area (Å²) in [5, 5.41) is 6.21. The van der Waals surface area contributed by atoms with Crippen LogP contribution in [0.1, 0.15) is 18.5 Å². The van der Waals surface area contributed by atoms with Gasteiger partial charge in [-0.1, -0.05) is 41.9 Å². The van der Waals surface area contributed by atoms with E-state index in [9.17, 15) is 9.59 Å². The summed E-state index contributed by atoms with van der Waals surface area (Å²) in [6.45, 7) is 3.96. The maximum Gasteiger partial charge on any atom is 0.320 e. The van der Waals surface area contributed by atoms with Crippen LogP contribution in [0, 0.1) is 0 Å². The number of nitrogens with zero attached hydrogens (tertiary/aromatic N) is 3. The van der Waals surface area contributed by atoms with Gasteiger partial charge in [0, 0.05) is 42.6 Å². The maximum atomic E-state index is 13.6. The molecule has 1 aliphatic heterocycles. The Kier molecular flexibility index (Phi) is 7.10. The summed E-state index contributed by atoms with van der Waals surface area (Å²) in [4.78, 5) is 34.6. The number of amides is 3. The lowest BCUT2D eigenvalue weighted by Crippen LogP contribution is -2.57. The third kappa shape index (κ3) is 5.62. The Bertz CT molecular complexity index is 1080. The van der Waals surface area contributed by atoms with E-state index in [2.05, 4.69) is 20.5 Å². The van der Waals surface area contributed by atoms with Crippen molar-refractivity contribution in [1.82, 2.24) is 15.2 Å². The van der Waals surface area contributed by atoms with Gasteiger partial charge >= 0.3 is 6.03 Å². The van der Waals surface area contributed by atoms with Crippen molar-refractivity contribution in [2.75, 3.05) is 29.9 Å². The molecule has 2 N–H and O–H groups in total. The van der Waals surface area contributed by atoms with Crippen LogP contribution in [0.15, 0.2) is 79.1 Å². The molecule has 2 heterocycles. The van der Waals surface area contributed by atoms with Gasteiger partial charge in [-0.05, 0) is 48.9 Å². The molecule has 1 fully saturated rings. The third-order valence-corrected chi connectivity index (χ3v) is 5.93. The molecule has 0 aliphatic carbocycles. The number of urea groups is 1. The first-order valence-corrected chi connectivity index (χ1v) is 11.2. The molecule has 0 bridgehead atoms. The third-order valence-electron chi connectivity index (χ3n) is 5.68. The molecule has 0 radical (unpaired) electrons. The second-order valence-corrected chi connectivity index (χ2v) is 8.42. The average Bonchev–Trinajstić information content (AvgIpc) is 2.84. The van der Waals surface area contributed by atoms with E-state index in [1.54, 1.807) is 30.5 Å². The van der Waals surface area contributed by atoms with Crippen LogP contribution in [0.4, 0.5) is 16.2 Å². The molecule has 3 amide bonds. The highest BCUT2D eigenvalue weighted by atomic mass is 35.5. The summed E-state index contributed by atoms with van der Waals surface area (Å²) in [7, 11) is 0. The highest BCUT2D eigenvalue weighted by Gasteiger charge is 2.33. The molecular weight excluding hydrogens is 438 g/mol. The van der Waals surface area contributed by atoms with Crippen molar-refractivity contribution in [3.63, 3.8) is 0 Å². The first-order valence-electron chi connectivity index (χ1n) is 10.8. The molecular formula is C25H26ClN5O2. The van der Waals surface area contributed by atoms with Gasteiger partial charge in [-0.3, -0.25) is 9.78 Å². The quantitative estimate of drug-likeness (QED) is 0.590. The molecule has 2 atom stereocenters. The van der Waals surface area contributed by atoms with Crippen molar-refractivity contribution >= 4 is 34.9 Å². The number of nitrogens with one attached hydrogen (secondary N) is 2. The fourth-order valence-corrected chi connectivity index (χ4v) is 4.12. The summed E-state index contributed by atoms with van der Waals surface area (Å²) in [6, 6.07) is 18.8. The summed E-state index contributed by atoms with van der Waals surface area (Å²) in [5.41, 5.74) is 2.36. The zero-order valence-electron chi connectivity index (χ0n) is 18.3. The van der Waals surface area contributed by atoms with E-state index in [0.717, 1.165) is 11.3 Å². The maximum absolute atomic E-state index is 13.6. The normalized spacial score (nSPS) is 16.7. The predicted molar refractivity (Wildman–Crippen MR) is 130 cm³/mol. The second kappa shape index (κ2) is 10.4. The van der Waals surface area contributed by atoms with Crippen LogP contribution in [0.2, 0.25) is 5.02 Å². The number of hydrogen-bond acceptors (Lipinski definition) is 4. The molecule has 7 nitrogen and oxygen atoms in total. The summed E-state index contributed by atoms with van der Waals surface area (Å²) >= 11 is 5.92. The number of halogens is 1. The minimum atomic E-state index is -0.800. The molecule has 8 heteroatoms. The number of hydrogen-bond donors (Lipinski definition) is 2. The molecule has 170 valence electrons. The van der Waals surface area contributed by atoms with Crippen molar-refractivity contribution in [2.45, 2.75) is 19.0 Å². The Hall–Kier alpha value is -3.58. The zero-order chi connectivity index (χ0) is 23.2. The SMILES string of the molecule is CC1CN(c2cccnc2)CCN1C(=O)[C@H](NC(=O)Nc1ccc(Cl)cc1)c1ccccc1. The van der Waals surface area contributed by atoms with Gasteiger partial charge in [-0.2, -0.15) is 0 Å². The van der Waals surface area contributed by atoms with Crippen LogP contribution < -0.4 is 15.5 Å². The van der Waals surface area contributed by atoms with Gasteiger partial charge in [-0.25, -0.2) is 4.79 Å². The minimum Gasteiger partial charge on any atom is -0.366 e. The van der Waals surface area contributed by atoms with Crippen molar-refractivity contribution in [3.8, 4) is 0 Å². The molecule has 1 unspecified atom stereocenters. The van der Waals surface area contributed by atoms with Crippen LogP contribution in [0.25, 0.3) is 0 Å². The minimum absolute atomic E-state index is 0.0289. The average molecular weight is 464 g/mol. The van der Waals surface area contributed by atoms with E-state index in [4.69, 9.17) is 11.6 Å². The number of carbonyl (C=O) groups excluding carboxylic acids is 2. The van der Waals surface area contributed by atoms with Crippen LogP contribution in [0.3, 0.4) is 0 Å². The fraction of sp³-hybridized carbons (Fsp3) is 0.240. The molecule has 0 saturated carbocycles. The van der Waals surface area contributed by atoms with Gasteiger partial charge in [0.2, 0.25) is 5.91 Å². The van der Waals surface area contributed by atoms with Crippen molar-refractivity contribution in [3.05, 3.63) is 89.7 Å². The Morgan fingerprint density at radius 2 is 1.79 bits per heavy atom. The fourth-order valence-electron chi connectivity index (χ4n) is 3.99.